The number of hydrogen-bond acceptors (Lipinski definition) is 3. The Bertz CT molecular complexity index is 320. The highest BCUT2D eigenvalue weighted by atomic mass is 16.5. The van der Waals surface area contributed by atoms with Crippen molar-refractivity contribution < 1.29 is 9.53 Å². The van der Waals surface area contributed by atoms with Gasteiger partial charge in [0.05, 0.1) is 12.7 Å². The maximum Gasteiger partial charge on any atom is 0.239 e. The van der Waals surface area contributed by atoms with Crippen LogP contribution in [-0.4, -0.2) is 30.2 Å². The molecule has 0 saturated heterocycles. The van der Waals surface area contributed by atoms with E-state index in [1.165, 1.54) is 6.42 Å². The lowest BCUT2D eigenvalue weighted by Crippen LogP contribution is -2.57. The fraction of sp³-hybridized carbons (Fsp3) is 0.933. The average molecular weight is 268 g/mol. The topological polar surface area (TPSA) is 64.3 Å². The smallest absolute Gasteiger partial charge is 0.239 e. The summed E-state index contributed by atoms with van der Waals surface area (Å²) in [6, 6.07) is 0.449. The van der Waals surface area contributed by atoms with E-state index < -0.39 is 5.54 Å². The van der Waals surface area contributed by atoms with E-state index in [4.69, 9.17) is 10.5 Å². The second-order valence-electron chi connectivity index (χ2n) is 6.97. The van der Waals surface area contributed by atoms with Crippen molar-refractivity contribution in [2.75, 3.05) is 6.61 Å². The van der Waals surface area contributed by atoms with E-state index >= 15 is 0 Å². The van der Waals surface area contributed by atoms with Crippen LogP contribution < -0.4 is 11.1 Å². The zero-order valence-corrected chi connectivity index (χ0v) is 12.4. The van der Waals surface area contributed by atoms with Crippen LogP contribution in [0.2, 0.25) is 0 Å². The predicted molar refractivity (Wildman–Crippen MR) is 75.7 cm³/mol. The van der Waals surface area contributed by atoms with Gasteiger partial charge in [-0.1, -0.05) is 13.8 Å². The second-order valence-corrected chi connectivity index (χ2v) is 6.97. The standard InChI is InChI=1S/C15H28N2O2/c1-10-6-11(2)8-13(7-10)19-9-15(3,14(16)18)17-12-4-5-12/h10-13,17H,4-9H2,1-3H3,(H2,16,18). The quantitative estimate of drug-likeness (QED) is 0.772. The maximum absolute atomic E-state index is 11.7. The normalized spacial score (nSPS) is 34.8. The lowest BCUT2D eigenvalue weighted by molar-refractivity contribution is -0.128. The third kappa shape index (κ3) is 4.18. The van der Waals surface area contributed by atoms with E-state index in [-0.39, 0.29) is 12.0 Å². The molecule has 0 aromatic rings. The minimum absolute atomic E-state index is 0.276. The first-order chi connectivity index (χ1) is 8.89. The van der Waals surface area contributed by atoms with Gasteiger partial charge in [0.25, 0.3) is 0 Å². The Labute approximate surface area is 116 Å². The highest BCUT2D eigenvalue weighted by Gasteiger charge is 2.38. The fourth-order valence-electron chi connectivity index (χ4n) is 3.16. The summed E-state index contributed by atoms with van der Waals surface area (Å²) in [4.78, 5) is 11.7. The van der Waals surface area contributed by atoms with Crippen molar-refractivity contribution in [3.05, 3.63) is 0 Å². The Kier molecular flexibility index (Phi) is 4.51. The Morgan fingerprint density at radius 2 is 1.84 bits per heavy atom. The Balaban J connectivity index is 1.85. The van der Waals surface area contributed by atoms with Crippen LogP contribution in [0.1, 0.15) is 52.9 Å². The molecule has 1 amide bonds. The van der Waals surface area contributed by atoms with Crippen molar-refractivity contribution in [2.24, 2.45) is 17.6 Å². The molecule has 0 aromatic heterocycles. The average Bonchev–Trinajstić information content (AvgIpc) is 3.09. The first-order valence-corrected chi connectivity index (χ1v) is 7.58. The van der Waals surface area contributed by atoms with Crippen LogP contribution in [0.3, 0.4) is 0 Å². The summed E-state index contributed by atoms with van der Waals surface area (Å²) in [5, 5.41) is 3.33. The number of rotatable bonds is 6. The minimum atomic E-state index is -0.717. The van der Waals surface area contributed by atoms with Crippen molar-refractivity contribution in [1.29, 1.82) is 0 Å². The molecular weight excluding hydrogens is 240 g/mol. The van der Waals surface area contributed by atoms with E-state index in [1.54, 1.807) is 0 Å². The molecule has 3 unspecified atom stereocenters. The molecule has 2 rings (SSSR count). The van der Waals surface area contributed by atoms with Gasteiger partial charge in [-0.05, 0) is 50.9 Å². The number of primary amides is 1. The number of amides is 1. The number of ether oxygens (including phenoxy) is 1. The minimum Gasteiger partial charge on any atom is -0.376 e. The molecule has 2 saturated carbocycles. The van der Waals surface area contributed by atoms with Crippen molar-refractivity contribution >= 4 is 5.91 Å². The van der Waals surface area contributed by atoms with Crippen molar-refractivity contribution in [3.8, 4) is 0 Å². The zero-order valence-electron chi connectivity index (χ0n) is 12.4. The lowest BCUT2D eigenvalue weighted by Gasteiger charge is -2.34. The van der Waals surface area contributed by atoms with Gasteiger partial charge in [-0.25, -0.2) is 0 Å². The van der Waals surface area contributed by atoms with Crippen LogP contribution in [0.15, 0.2) is 0 Å². The molecule has 110 valence electrons. The van der Waals surface area contributed by atoms with Gasteiger partial charge in [0.15, 0.2) is 0 Å². The molecule has 0 heterocycles. The molecule has 4 heteroatoms. The van der Waals surface area contributed by atoms with Gasteiger partial charge in [-0.2, -0.15) is 0 Å². The number of carbonyl (C=O) groups excluding carboxylic acids is 1. The molecule has 2 fully saturated rings. The molecule has 3 atom stereocenters. The van der Waals surface area contributed by atoms with E-state index in [1.807, 2.05) is 6.92 Å². The number of nitrogens with two attached hydrogens (primary N) is 1. The zero-order chi connectivity index (χ0) is 14.0. The molecule has 0 radical (unpaired) electrons. The van der Waals surface area contributed by atoms with Crippen molar-refractivity contribution in [1.82, 2.24) is 5.32 Å². The molecule has 0 bridgehead atoms. The van der Waals surface area contributed by atoms with Crippen LogP contribution in [0.5, 0.6) is 0 Å². The molecule has 4 nitrogen and oxygen atoms in total. The van der Waals surface area contributed by atoms with Gasteiger partial charge in [0.2, 0.25) is 5.91 Å². The summed E-state index contributed by atoms with van der Waals surface area (Å²) >= 11 is 0. The molecule has 3 N–H and O–H groups in total. The van der Waals surface area contributed by atoms with Gasteiger partial charge in [-0.15, -0.1) is 0 Å². The lowest BCUT2D eigenvalue weighted by atomic mass is 9.81. The first-order valence-electron chi connectivity index (χ1n) is 7.58. The fourth-order valence-corrected chi connectivity index (χ4v) is 3.16. The van der Waals surface area contributed by atoms with Crippen LogP contribution >= 0.6 is 0 Å². The van der Waals surface area contributed by atoms with Crippen molar-refractivity contribution in [3.63, 3.8) is 0 Å². The van der Waals surface area contributed by atoms with E-state index in [0.717, 1.165) is 25.7 Å². The monoisotopic (exact) mass is 268 g/mol. The number of hydrogen-bond donors (Lipinski definition) is 2. The van der Waals surface area contributed by atoms with Gasteiger partial charge in [0.1, 0.15) is 5.54 Å². The summed E-state index contributed by atoms with van der Waals surface area (Å²) in [7, 11) is 0. The van der Waals surface area contributed by atoms with E-state index in [9.17, 15) is 4.79 Å². The van der Waals surface area contributed by atoms with Crippen molar-refractivity contribution in [2.45, 2.75) is 70.6 Å². The molecular formula is C15H28N2O2. The number of nitrogens with one attached hydrogen (secondary N) is 1. The Hall–Kier alpha value is -0.610. The van der Waals surface area contributed by atoms with Crippen LogP contribution in [0, 0.1) is 11.8 Å². The summed E-state index contributed by atoms with van der Waals surface area (Å²) in [6.07, 6.45) is 6.04. The third-order valence-electron chi connectivity index (χ3n) is 4.39. The summed E-state index contributed by atoms with van der Waals surface area (Å²) in [5.74, 6) is 1.12. The van der Waals surface area contributed by atoms with Crippen LogP contribution in [-0.2, 0) is 9.53 Å². The summed E-state index contributed by atoms with van der Waals surface area (Å²) in [5.41, 5.74) is 4.82. The highest BCUT2D eigenvalue weighted by molar-refractivity contribution is 5.84. The van der Waals surface area contributed by atoms with E-state index in [0.29, 0.717) is 24.5 Å². The van der Waals surface area contributed by atoms with Crippen LogP contribution in [0.4, 0.5) is 0 Å². The first kappa shape index (κ1) is 14.8. The predicted octanol–water partition coefficient (Wildman–Crippen LogP) is 1.82. The van der Waals surface area contributed by atoms with E-state index in [2.05, 4.69) is 19.2 Å². The van der Waals surface area contributed by atoms with Gasteiger partial charge in [0, 0.05) is 6.04 Å². The van der Waals surface area contributed by atoms with Gasteiger partial charge in [-0.3, -0.25) is 10.1 Å². The molecule has 2 aliphatic carbocycles. The van der Waals surface area contributed by atoms with Gasteiger partial charge < -0.3 is 10.5 Å². The second kappa shape index (κ2) is 5.80. The molecule has 0 aliphatic heterocycles. The summed E-state index contributed by atoms with van der Waals surface area (Å²) < 4.78 is 6.02. The third-order valence-corrected chi connectivity index (χ3v) is 4.39. The molecule has 0 aromatic carbocycles. The molecule has 2 aliphatic rings. The largest absolute Gasteiger partial charge is 0.376 e. The Morgan fingerprint density at radius 1 is 1.26 bits per heavy atom. The molecule has 0 spiro atoms. The van der Waals surface area contributed by atoms with Gasteiger partial charge >= 0.3 is 0 Å². The summed E-state index contributed by atoms with van der Waals surface area (Å²) in [6.45, 7) is 6.82. The Morgan fingerprint density at radius 3 is 2.32 bits per heavy atom. The molecule has 19 heavy (non-hydrogen) atoms. The number of carbonyl (C=O) groups is 1. The SMILES string of the molecule is CC1CC(C)CC(OCC(C)(NC2CC2)C(N)=O)C1. The van der Waals surface area contributed by atoms with Crippen LogP contribution in [0.25, 0.3) is 0 Å². The highest BCUT2D eigenvalue weighted by Crippen LogP contribution is 2.31. The maximum atomic E-state index is 11.7.